The number of sulfonamides is 1. The molecule has 1 aliphatic heterocycles. The van der Waals surface area contributed by atoms with Gasteiger partial charge in [-0.25, -0.2) is 0 Å². The van der Waals surface area contributed by atoms with E-state index < -0.39 is 25.4 Å². The Morgan fingerprint density at radius 1 is 0.968 bits per heavy atom. The Morgan fingerprint density at radius 2 is 1.65 bits per heavy atom. The number of allylic oxidation sites excluding steroid dienone is 1. The second-order valence-corrected chi connectivity index (χ2v) is 9.26. The molecule has 4 rings (SSSR count). The largest absolute Gasteiger partial charge is 0.509 e. The summed E-state index contributed by atoms with van der Waals surface area (Å²) in [5, 5.41) is 20.7. The first-order valence-electron chi connectivity index (χ1n) is 9.19. The number of nitrogens with zero attached hydrogens (tertiary/aromatic N) is 1. The molecule has 1 atom stereocenters. The van der Waals surface area contributed by atoms with Crippen LogP contribution in [0, 0.1) is 0 Å². The average Bonchev–Trinajstić information content (AvgIpc) is 3.15. The number of aliphatic hydroxyl groups excluding tert-OH is 1. The molecule has 1 unspecified atom stereocenters. The van der Waals surface area contributed by atoms with Crippen LogP contribution in [0.25, 0.3) is 6.08 Å². The van der Waals surface area contributed by atoms with Crippen molar-refractivity contribution in [1.29, 1.82) is 0 Å². The van der Waals surface area contributed by atoms with Gasteiger partial charge >= 0.3 is 10.0 Å². The molecule has 156 valence electrons. The Morgan fingerprint density at radius 3 is 2.32 bits per heavy atom. The smallest absolute Gasteiger partial charge is 0.341 e. The number of carbonyl (C=O) groups excluding carboxylic acids is 1. The Labute approximate surface area is 184 Å². The number of benzene rings is 3. The van der Waals surface area contributed by atoms with Crippen LogP contribution in [0.4, 0.5) is 5.69 Å². The lowest BCUT2D eigenvalue weighted by molar-refractivity contribution is 0.101. The first kappa shape index (κ1) is 20.9. The van der Waals surface area contributed by atoms with Crippen LogP contribution in [0.5, 0.6) is 5.75 Å². The van der Waals surface area contributed by atoms with Crippen molar-refractivity contribution in [2.45, 2.75) is 4.90 Å². The van der Waals surface area contributed by atoms with Gasteiger partial charge in [-0.05, 0) is 36.4 Å². The van der Waals surface area contributed by atoms with E-state index in [1.165, 1.54) is 60.8 Å². The average molecular weight is 455 g/mol. The van der Waals surface area contributed by atoms with Crippen molar-refractivity contribution < 1.29 is 23.4 Å². The zero-order chi connectivity index (χ0) is 22.2. The summed E-state index contributed by atoms with van der Waals surface area (Å²) in [6.07, 6.45) is 3.32. The summed E-state index contributed by atoms with van der Waals surface area (Å²) < 4.78 is 26.8. The van der Waals surface area contributed by atoms with E-state index in [1.807, 2.05) is 0 Å². The number of phenols is 1. The van der Waals surface area contributed by atoms with Gasteiger partial charge in [0.05, 0.1) is 5.56 Å². The van der Waals surface area contributed by atoms with Crippen LogP contribution < -0.4 is 3.89 Å². The summed E-state index contributed by atoms with van der Waals surface area (Å²) >= 11 is 6.09. The van der Waals surface area contributed by atoms with Gasteiger partial charge in [-0.2, -0.15) is 8.42 Å². The number of phenolic OH excluding ortho intramolecular Hbond substituents is 1. The van der Waals surface area contributed by atoms with E-state index >= 15 is 0 Å². The number of carbonyl (C=O) groups is 1. The number of aromatic hydroxyl groups is 1. The van der Waals surface area contributed by atoms with Gasteiger partial charge in [-0.1, -0.05) is 41.9 Å². The fourth-order valence-corrected chi connectivity index (χ4v) is 5.68. The lowest BCUT2D eigenvalue weighted by atomic mass is 10.1. The van der Waals surface area contributed by atoms with E-state index in [0.29, 0.717) is 16.8 Å². The number of halogens is 1. The summed E-state index contributed by atoms with van der Waals surface area (Å²) in [6, 6.07) is 18.0. The highest BCUT2D eigenvalue weighted by atomic mass is 35.5. The summed E-state index contributed by atoms with van der Waals surface area (Å²) in [5.74, 6) is -1.17. The highest BCUT2D eigenvalue weighted by Crippen LogP contribution is 2.46. The van der Waals surface area contributed by atoms with E-state index in [9.17, 15) is 23.4 Å². The molecule has 6 nitrogen and oxygen atoms in total. The van der Waals surface area contributed by atoms with Crippen LogP contribution in [0.2, 0.25) is 5.02 Å². The van der Waals surface area contributed by atoms with E-state index in [-0.39, 0.29) is 21.9 Å². The number of Topliss-reactive ketones (excluding diaryl/α,β-unsaturated/α-hetero) is 1. The van der Waals surface area contributed by atoms with Crippen molar-refractivity contribution >= 4 is 39.2 Å². The second kappa shape index (κ2) is 7.70. The Kier molecular flexibility index (Phi) is 5.18. The van der Waals surface area contributed by atoms with Gasteiger partial charge in [0.1, 0.15) is 23.1 Å². The van der Waals surface area contributed by atoms with Gasteiger partial charge < -0.3 is 10.2 Å². The highest BCUT2D eigenvalue weighted by Gasteiger charge is 2.54. The molecule has 0 spiro atoms. The maximum Gasteiger partial charge on any atom is 0.341 e. The molecule has 0 saturated heterocycles. The third kappa shape index (κ3) is 3.14. The van der Waals surface area contributed by atoms with Gasteiger partial charge in [0.25, 0.3) is 5.78 Å². The quantitative estimate of drug-likeness (QED) is 0.245. The molecular formula is C23H17ClNO5S+. The molecule has 1 aliphatic rings. The molecule has 31 heavy (non-hydrogen) atoms. The zero-order valence-corrected chi connectivity index (χ0v) is 17.6. The third-order valence-corrected chi connectivity index (χ3v) is 7.47. The van der Waals surface area contributed by atoms with Gasteiger partial charge in [0.2, 0.25) is 5.70 Å². The van der Waals surface area contributed by atoms with Crippen LogP contribution in [0.1, 0.15) is 15.9 Å². The fourth-order valence-electron chi connectivity index (χ4n) is 3.63. The molecule has 3 aromatic rings. The third-order valence-electron chi connectivity index (χ3n) is 5.09. The molecule has 0 saturated carbocycles. The molecule has 0 amide bonds. The molecule has 2 N–H and O–H groups in total. The maximum atomic E-state index is 13.9. The number of aliphatic hydroxyl groups is 1. The van der Waals surface area contributed by atoms with Gasteiger partial charge in [0.15, 0.2) is 5.69 Å². The minimum Gasteiger partial charge on any atom is -0.509 e. The molecule has 0 bridgehead atoms. The van der Waals surface area contributed by atoms with Crippen LogP contribution in [0.3, 0.4) is 0 Å². The monoisotopic (exact) mass is 454 g/mol. The Bertz CT molecular complexity index is 1350. The Hall–Kier alpha value is -3.39. The summed E-state index contributed by atoms with van der Waals surface area (Å²) in [6.45, 7) is 0. The molecule has 1 heterocycles. The standard InChI is InChI=1S/C23H16ClNO5S/c24-17-10-11-20-16(14-17)12-13-25(20,31(29,30)18-6-2-1-3-7-18)21(15-26)23(28)19-8-4-5-9-22(19)27/h1-15H,(H-,26,27,28)/p+1. The SMILES string of the molecule is O=C(C(=CO)[N+]1(S(=O)(=O)c2ccccc2)C=Cc2cc(Cl)ccc21)c1ccccc1O. The van der Waals surface area contributed by atoms with Crippen molar-refractivity contribution in [3.8, 4) is 5.75 Å². The number of rotatable bonds is 5. The van der Waals surface area contributed by atoms with E-state index in [1.54, 1.807) is 24.3 Å². The molecular weight excluding hydrogens is 438 g/mol. The lowest BCUT2D eigenvalue weighted by Gasteiger charge is -2.31. The number of para-hydroxylation sites is 1. The predicted molar refractivity (Wildman–Crippen MR) is 119 cm³/mol. The molecule has 0 aromatic heterocycles. The minimum absolute atomic E-state index is 0.0492. The molecule has 3 aromatic carbocycles. The second-order valence-electron chi connectivity index (χ2n) is 6.83. The maximum absolute atomic E-state index is 13.9. The van der Waals surface area contributed by atoms with Crippen molar-refractivity contribution in [3.05, 3.63) is 107 Å². The van der Waals surface area contributed by atoms with Crippen LogP contribution in [-0.2, 0) is 10.0 Å². The van der Waals surface area contributed by atoms with Gasteiger partial charge in [-0.3, -0.25) is 4.79 Å². The number of hydrogen-bond donors (Lipinski definition) is 2. The molecule has 0 fully saturated rings. The number of quaternary nitrogens is 1. The first-order chi connectivity index (χ1) is 14.8. The van der Waals surface area contributed by atoms with Crippen LogP contribution in [-0.4, -0.2) is 24.4 Å². The molecule has 0 radical (unpaired) electrons. The van der Waals surface area contributed by atoms with E-state index in [4.69, 9.17) is 11.6 Å². The predicted octanol–water partition coefficient (Wildman–Crippen LogP) is 5.01. The summed E-state index contributed by atoms with van der Waals surface area (Å²) in [4.78, 5) is 13.4. The van der Waals surface area contributed by atoms with Crippen molar-refractivity contribution in [2.75, 3.05) is 0 Å². The van der Waals surface area contributed by atoms with Gasteiger partial charge in [0, 0.05) is 22.7 Å². The van der Waals surface area contributed by atoms with Crippen LogP contribution >= 0.6 is 11.6 Å². The normalized spacial score (nSPS) is 18.0. The topological polar surface area (TPSA) is 91.7 Å². The van der Waals surface area contributed by atoms with Crippen LogP contribution in [0.15, 0.2) is 95.9 Å². The fraction of sp³-hybridized carbons (Fsp3) is 0. The number of hydrogen-bond acceptors (Lipinski definition) is 5. The molecule has 0 aliphatic carbocycles. The summed E-state index contributed by atoms with van der Waals surface area (Å²) in [5.41, 5.74) is 0.0933. The van der Waals surface area contributed by atoms with E-state index in [2.05, 4.69) is 0 Å². The molecule has 8 heteroatoms. The first-order valence-corrected chi connectivity index (χ1v) is 11.0. The van der Waals surface area contributed by atoms with Crippen molar-refractivity contribution in [1.82, 2.24) is 3.89 Å². The van der Waals surface area contributed by atoms with Crippen molar-refractivity contribution in [3.63, 3.8) is 0 Å². The summed E-state index contributed by atoms with van der Waals surface area (Å²) in [7, 11) is -4.33. The van der Waals surface area contributed by atoms with Gasteiger partial charge in [-0.15, -0.1) is 3.89 Å². The minimum atomic E-state index is -4.33. The van der Waals surface area contributed by atoms with E-state index in [0.717, 1.165) is 0 Å². The highest BCUT2D eigenvalue weighted by molar-refractivity contribution is 7.91. The Balaban J connectivity index is 2.03. The van der Waals surface area contributed by atoms with Crippen molar-refractivity contribution in [2.24, 2.45) is 0 Å². The zero-order valence-electron chi connectivity index (χ0n) is 16.0. The number of fused-ring (bicyclic) bond motifs is 1. The number of ketones is 1. The lowest BCUT2D eigenvalue weighted by Crippen LogP contribution is -2.49.